The van der Waals surface area contributed by atoms with Crippen LogP contribution >= 0.6 is 27.7 Å². The first-order chi connectivity index (χ1) is 16.9. The summed E-state index contributed by atoms with van der Waals surface area (Å²) in [6, 6.07) is 20.1. The Bertz CT molecular complexity index is 1290. The number of amides is 2. The average Bonchev–Trinajstić information content (AvgIpc) is 3.47. The molecule has 2 aliphatic rings. The van der Waals surface area contributed by atoms with Crippen molar-refractivity contribution < 1.29 is 24.2 Å². The molecule has 7 nitrogen and oxygen atoms in total. The molecule has 1 aliphatic carbocycles. The van der Waals surface area contributed by atoms with Crippen molar-refractivity contribution in [1.29, 1.82) is 0 Å². The van der Waals surface area contributed by atoms with Crippen LogP contribution in [0.5, 0.6) is 0 Å². The monoisotopic (exact) mass is 552 g/mol. The maximum absolute atomic E-state index is 12.8. The van der Waals surface area contributed by atoms with Gasteiger partial charge in [0.25, 0.3) is 5.91 Å². The molecule has 0 saturated carbocycles. The van der Waals surface area contributed by atoms with Crippen molar-refractivity contribution in [3.63, 3.8) is 0 Å². The number of hydrogen-bond acceptors (Lipinski definition) is 5. The number of carboxylic acids is 1. The molecule has 1 heterocycles. The molecule has 0 spiro atoms. The third kappa shape index (κ3) is 4.53. The fourth-order valence-electron chi connectivity index (χ4n) is 4.51. The number of fused-ring (bicyclic) bond motifs is 3. The Hall–Kier alpha value is -3.30. The van der Waals surface area contributed by atoms with E-state index in [0.29, 0.717) is 27.4 Å². The molecule has 3 aromatic carbocycles. The number of anilines is 1. The highest BCUT2D eigenvalue weighted by Gasteiger charge is 2.35. The Labute approximate surface area is 214 Å². The van der Waals surface area contributed by atoms with Gasteiger partial charge < -0.3 is 14.7 Å². The van der Waals surface area contributed by atoms with Gasteiger partial charge in [-0.15, -0.1) is 11.8 Å². The normalized spacial score (nSPS) is 16.5. The Morgan fingerprint density at radius 2 is 1.69 bits per heavy atom. The second-order valence-corrected chi connectivity index (χ2v) is 10.1. The summed E-state index contributed by atoms with van der Waals surface area (Å²) in [6.07, 6.45) is -0.603. The summed E-state index contributed by atoms with van der Waals surface area (Å²) in [7, 11) is 0. The van der Waals surface area contributed by atoms with Crippen molar-refractivity contribution in [2.75, 3.05) is 23.6 Å². The van der Waals surface area contributed by atoms with E-state index in [4.69, 9.17) is 4.74 Å². The number of ether oxygens (including phenoxy) is 1. The molecule has 0 aromatic heterocycles. The molecule has 5 rings (SSSR count). The summed E-state index contributed by atoms with van der Waals surface area (Å²) in [6.45, 7) is 0.192. The zero-order valence-electron chi connectivity index (χ0n) is 18.4. The smallest absolute Gasteiger partial charge is 0.411 e. The van der Waals surface area contributed by atoms with Crippen LogP contribution in [-0.2, 0) is 9.53 Å². The van der Waals surface area contributed by atoms with Crippen molar-refractivity contribution in [1.82, 2.24) is 4.90 Å². The zero-order chi connectivity index (χ0) is 24.5. The van der Waals surface area contributed by atoms with E-state index < -0.39 is 18.1 Å². The van der Waals surface area contributed by atoms with Crippen LogP contribution in [-0.4, -0.2) is 52.3 Å². The van der Waals surface area contributed by atoms with Crippen molar-refractivity contribution in [3.8, 4) is 11.1 Å². The first-order valence-electron chi connectivity index (χ1n) is 11.0. The lowest BCUT2D eigenvalue weighted by Gasteiger charge is -2.21. The van der Waals surface area contributed by atoms with Crippen molar-refractivity contribution in [2.24, 2.45) is 0 Å². The predicted molar refractivity (Wildman–Crippen MR) is 138 cm³/mol. The van der Waals surface area contributed by atoms with Crippen molar-refractivity contribution in [2.45, 2.75) is 12.0 Å². The number of rotatable bonds is 5. The van der Waals surface area contributed by atoms with Crippen LogP contribution in [0.1, 0.15) is 27.4 Å². The fraction of sp³-hybridized carbons (Fsp3) is 0.192. The van der Waals surface area contributed by atoms with E-state index in [1.54, 1.807) is 18.2 Å². The van der Waals surface area contributed by atoms with E-state index in [1.807, 2.05) is 24.3 Å². The summed E-state index contributed by atoms with van der Waals surface area (Å²) in [5, 5.41) is 12.1. The van der Waals surface area contributed by atoms with E-state index in [1.165, 1.54) is 16.7 Å². The van der Waals surface area contributed by atoms with Crippen molar-refractivity contribution >= 4 is 51.3 Å². The summed E-state index contributed by atoms with van der Waals surface area (Å²) in [4.78, 5) is 38.2. The lowest BCUT2D eigenvalue weighted by Crippen LogP contribution is -2.41. The minimum absolute atomic E-state index is 0.0444. The van der Waals surface area contributed by atoms with Gasteiger partial charge in [-0.1, -0.05) is 48.5 Å². The molecule has 0 bridgehead atoms. The number of carboxylic acid groups (broad SMARTS) is 1. The number of hydrogen-bond donors (Lipinski definition) is 2. The number of carbonyl (C=O) groups excluding carboxylic acids is 2. The molecule has 9 heteroatoms. The van der Waals surface area contributed by atoms with Gasteiger partial charge in [-0.3, -0.25) is 10.1 Å². The molecule has 2 amide bonds. The molecular weight excluding hydrogens is 532 g/mol. The van der Waals surface area contributed by atoms with Crippen LogP contribution in [0.3, 0.4) is 0 Å². The molecule has 1 saturated heterocycles. The third-order valence-electron chi connectivity index (χ3n) is 6.22. The molecular formula is C26H21BrN2O5S. The van der Waals surface area contributed by atoms with Gasteiger partial charge in [-0.25, -0.2) is 9.59 Å². The number of nitrogens with zero attached hydrogens (tertiary/aromatic N) is 1. The van der Waals surface area contributed by atoms with Gasteiger partial charge in [-0.05, 0) is 56.4 Å². The lowest BCUT2D eigenvalue weighted by atomic mass is 9.98. The maximum atomic E-state index is 12.8. The van der Waals surface area contributed by atoms with Gasteiger partial charge in [0.15, 0.2) is 0 Å². The highest BCUT2D eigenvalue weighted by atomic mass is 79.9. The van der Waals surface area contributed by atoms with Crippen LogP contribution < -0.4 is 5.32 Å². The minimum Gasteiger partial charge on any atom is -0.480 e. The molecule has 0 radical (unpaired) electrons. The SMILES string of the molecule is O=C(Nc1ccc(C(=O)N2CSC[C@H]2C(=O)O)cc1Br)OCC1c2ccccc2-c2ccccc21. The summed E-state index contributed by atoms with van der Waals surface area (Å²) >= 11 is 4.80. The van der Waals surface area contributed by atoms with E-state index in [2.05, 4.69) is 45.5 Å². The highest BCUT2D eigenvalue weighted by Crippen LogP contribution is 2.44. The molecule has 1 fully saturated rings. The number of thioether (sulfide) groups is 1. The Kier molecular flexibility index (Phi) is 6.53. The van der Waals surface area contributed by atoms with Gasteiger partial charge in [0, 0.05) is 21.7 Å². The Balaban J connectivity index is 1.25. The molecule has 178 valence electrons. The number of halogens is 1. The minimum atomic E-state index is -1.02. The van der Waals surface area contributed by atoms with Gasteiger partial charge in [-0.2, -0.15) is 0 Å². The highest BCUT2D eigenvalue weighted by molar-refractivity contribution is 9.10. The third-order valence-corrected chi connectivity index (χ3v) is 7.89. The zero-order valence-corrected chi connectivity index (χ0v) is 20.8. The molecule has 1 atom stereocenters. The van der Waals surface area contributed by atoms with Crippen molar-refractivity contribution in [3.05, 3.63) is 87.9 Å². The lowest BCUT2D eigenvalue weighted by molar-refractivity contribution is -0.140. The van der Waals surface area contributed by atoms with E-state index in [9.17, 15) is 19.5 Å². The Morgan fingerprint density at radius 1 is 1.03 bits per heavy atom. The fourth-order valence-corrected chi connectivity index (χ4v) is 6.13. The molecule has 3 aromatic rings. The van der Waals surface area contributed by atoms with Gasteiger partial charge in [0.2, 0.25) is 0 Å². The summed E-state index contributed by atoms with van der Waals surface area (Å²) in [5.41, 5.74) is 5.35. The first kappa shape index (κ1) is 23.4. The van der Waals surface area contributed by atoms with Crippen LogP contribution in [0.25, 0.3) is 11.1 Å². The van der Waals surface area contributed by atoms with Gasteiger partial charge >= 0.3 is 12.1 Å². The van der Waals surface area contributed by atoms with Crippen LogP contribution in [0, 0.1) is 0 Å². The predicted octanol–water partition coefficient (Wildman–Crippen LogP) is 5.41. The number of benzene rings is 3. The first-order valence-corrected chi connectivity index (χ1v) is 12.9. The number of aliphatic carboxylic acids is 1. The molecule has 35 heavy (non-hydrogen) atoms. The number of nitrogens with one attached hydrogen (secondary N) is 1. The standard InChI is InChI=1S/C26H21BrN2O5S/c27-21-11-15(24(30)29-14-35-13-23(29)25(31)32)9-10-22(21)28-26(33)34-12-20-18-7-3-1-5-16(18)17-6-2-4-8-19(17)20/h1-11,20,23H,12-14H2,(H,28,33)(H,31,32)/t23-/m0/s1. The van der Waals surface area contributed by atoms with E-state index in [-0.39, 0.29) is 18.4 Å². The van der Waals surface area contributed by atoms with E-state index >= 15 is 0 Å². The van der Waals surface area contributed by atoms with Gasteiger partial charge in [0.1, 0.15) is 12.6 Å². The Morgan fingerprint density at radius 3 is 2.31 bits per heavy atom. The summed E-state index contributed by atoms with van der Waals surface area (Å²) in [5.74, 6) is -0.736. The quantitative estimate of drug-likeness (QED) is 0.439. The van der Waals surface area contributed by atoms with Gasteiger partial charge in [0.05, 0.1) is 11.6 Å². The average molecular weight is 553 g/mol. The largest absolute Gasteiger partial charge is 0.480 e. The summed E-state index contributed by atoms with van der Waals surface area (Å²) < 4.78 is 6.08. The van der Waals surface area contributed by atoms with E-state index in [0.717, 1.165) is 22.3 Å². The van der Waals surface area contributed by atoms with Crippen LogP contribution in [0.15, 0.2) is 71.2 Å². The number of carbonyl (C=O) groups is 3. The second kappa shape index (κ2) is 9.75. The topological polar surface area (TPSA) is 95.9 Å². The molecule has 0 unspecified atom stereocenters. The van der Waals surface area contributed by atoms with Crippen LogP contribution in [0.2, 0.25) is 0 Å². The molecule has 1 aliphatic heterocycles. The molecule has 2 N–H and O–H groups in total. The van der Waals surface area contributed by atoms with Crippen LogP contribution in [0.4, 0.5) is 10.5 Å². The second-order valence-electron chi connectivity index (χ2n) is 8.27. The maximum Gasteiger partial charge on any atom is 0.411 e.